The molecule has 2 N–H and O–H groups in total. The van der Waals surface area contributed by atoms with Gasteiger partial charge in [0.1, 0.15) is 11.9 Å². The molecule has 0 unspecified atom stereocenters. The molecule has 5 heteroatoms. The molecule has 0 saturated carbocycles. The molecule has 23 heavy (non-hydrogen) atoms. The Kier molecular flexibility index (Phi) is 4.79. The smallest absolute Gasteiger partial charge is 0.224 e. The van der Waals surface area contributed by atoms with Crippen molar-refractivity contribution in [2.75, 3.05) is 33.4 Å². The molecule has 3 rings (SSSR count). The zero-order valence-electron chi connectivity index (χ0n) is 13.3. The standard InChI is InChI=1S/C18H22N2O3/c1-22-16-5-4-13-10-15(3-2-14(13)11-16)17-12-20(8-9-23-17)18(21)6-7-19/h2-5,10-11,17H,6-9,12,19H2,1H3/t17-/m1/s1. The number of morpholine rings is 1. The van der Waals surface area contributed by atoms with Crippen molar-refractivity contribution >= 4 is 16.7 Å². The summed E-state index contributed by atoms with van der Waals surface area (Å²) in [6.07, 6.45) is 0.307. The molecule has 1 saturated heterocycles. The monoisotopic (exact) mass is 314 g/mol. The van der Waals surface area contributed by atoms with Gasteiger partial charge in [-0.05, 0) is 34.5 Å². The predicted molar refractivity (Wildman–Crippen MR) is 89.4 cm³/mol. The van der Waals surface area contributed by atoms with Crippen LogP contribution in [-0.4, -0.2) is 44.2 Å². The lowest BCUT2D eigenvalue weighted by molar-refractivity contribution is -0.138. The first-order valence-corrected chi connectivity index (χ1v) is 7.88. The number of nitrogens with zero attached hydrogens (tertiary/aromatic N) is 1. The van der Waals surface area contributed by atoms with Gasteiger partial charge >= 0.3 is 0 Å². The zero-order valence-corrected chi connectivity index (χ0v) is 13.3. The Morgan fingerprint density at radius 3 is 2.87 bits per heavy atom. The van der Waals surface area contributed by atoms with Gasteiger partial charge in [-0.25, -0.2) is 0 Å². The van der Waals surface area contributed by atoms with Gasteiger partial charge in [0, 0.05) is 19.5 Å². The molecule has 122 valence electrons. The Hall–Kier alpha value is -2.11. The number of carbonyl (C=O) groups excluding carboxylic acids is 1. The number of benzene rings is 2. The van der Waals surface area contributed by atoms with Gasteiger partial charge in [0.25, 0.3) is 0 Å². The van der Waals surface area contributed by atoms with Crippen LogP contribution in [0.25, 0.3) is 10.8 Å². The van der Waals surface area contributed by atoms with Gasteiger partial charge in [0.2, 0.25) is 5.91 Å². The van der Waals surface area contributed by atoms with Crippen molar-refractivity contribution in [1.29, 1.82) is 0 Å². The number of methoxy groups -OCH3 is 1. The second-order valence-electron chi connectivity index (χ2n) is 5.71. The van der Waals surface area contributed by atoms with Crippen LogP contribution in [0.15, 0.2) is 36.4 Å². The quantitative estimate of drug-likeness (QED) is 0.938. The molecule has 1 fully saturated rings. The number of fused-ring (bicyclic) bond motifs is 1. The Balaban J connectivity index is 1.80. The van der Waals surface area contributed by atoms with Crippen molar-refractivity contribution in [1.82, 2.24) is 4.90 Å². The molecule has 1 aliphatic heterocycles. The number of hydrogen-bond acceptors (Lipinski definition) is 4. The summed E-state index contributed by atoms with van der Waals surface area (Å²) in [6, 6.07) is 12.2. The van der Waals surface area contributed by atoms with Crippen molar-refractivity contribution in [2.24, 2.45) is 5.73 Å². The highest BCUT2D eigenvalue weighted by molar-refractivity contribution is 5.84. The Bertz CT molecular complexity index is 702. The van der Waals surface area contributed by atoms with E-state index < -0.39 is 0 Å². The second kappa shape index (κ2) is 6.98. The molecule has 2 aromatic rings. The maximum atomic E-state index is 12.0. The summed E-state index contributed by atoms with van der Waals surface area (Å²) < 4.78 is 11.1. The van der Waals surface area contributed by atoms with Crippen LogP contribution in [0.1, 0.15) is 18.1 Å². The lowest BCUT2D eigenvalue weighted by Gasteiger charge is -2.33. The van der Waals surface area contributed by atoms with Crippen LogP contribution in [-0.2, 0) is 9.53 Å². The van der Waals surface area contributed by atoms with E-state index in [1.165, 1.54) is 0 Å². The fourth-order valence-corrected chi connectivity index (χ4v) is 2.93. The maximum Gasteiger partial charge on any atom is 0.224 e. The summed E-state index contributed by atoms with van der Waals surface area (Å²) in [7, 11) is 1.67. The number of rotatable bonds is 4. The number of hydrogen-bond donors (Lipinski definition) is 1. The number of carbonyl (C=O) groups is 1. The predicted octanol–water partition coefficient (Wildman–Crippen LogP) is 2.10. The van der Waals surface area contributed by atoms with E-state index in [0.29, 0.717) is 32.7 Å². The fraction of sp³-hybridized carbons (Fsp3) is 0.389. The van der Waals surface area contributed by atoms with Gasteiger partial charge in [-0.15, -0.1) is 0 Å². The molecule has 1 heterocycles. The lowest BCUT2D eigenvalue weighted by Crippen LogP contribution is -2.42. The van der Waals surface area contributed by atoms with Crippen LogP contribution in [0.2, 0.25) is 0 Å². The number of ether oxygens (including phenoxy) is 2. The molecule has 0 bridgehead atoms. The van der Waals surface area contributed by atoms with Gasteiger partial charge in [0.15, 0.2) is 0 Å². The van der Waals surface area contributed by atoms with Crippen molar-refractivity contribution in [2.45, 2.75) is 12.5 Å². The van der Waals surface area contributed by atoms with Gasteiger partial charge in [-0.1, -0.05) is 18.2 Å². The summed E-state index contributed by atoms with van der Waals surface area (Å²) in [4.78, 5) is 13.9. The topological polar surface area (TPSA) is 64.8 Å². The summed E-state index contributed by atoms with van der Waals surface area (Å²) >= 11 is 0. The first kappa shape index (κ1) is 15.8. The van der Waals surface area contributed by atoms with Crippen LogP contribution >= 0.6 is 0 Å². The average molecular weight is 314 g/mol. The van der Waals surface area contributed by atoms with E-state index in [1.807, 2.05) is 23.1 Å². The highest BCUT2D eigenvalue weighted by Crippen LogP contribution is 2.28. The van der Waals surface area contributed by atoms with Crippen LogP contribution in [0.3, 0.4) is 0 Å². The molecular weight excluding hydrogens is 292 g/mol. The molecule has 1 amide bonds. The third-order valence-corrected chi connectivity index (χ3v) is 4.22. The van der Waals surface area contributed by atoms with Crippen LogP contribution in [0, 0.1) is 0 Å². The molecular formula is C18H22N2O3. The molecule has 5 nitrogen and oxygen atoms in total. The summed E-state index contributed by atoms with van der Waals surface area (Å²) in [5, 5.41) is 2.26. The third-order valence-electron chi connectivity index (χ3n) is 4.22. The third kappa shape index (κ3) is 3.46. The summed E-state index contributed by atoms with van der Waals surface area (Å²) in [5.41, 5.74) is 6.57. The summed E-state index contributed by atoms with van der Waals surface area (Å²) in [6.45, 7) is 2.17. The molecule has 1 atom stereocenters. The molecule has 0 spiro atoms. The number of nitrogens with two attached hydrogens (primary N) is 1. The fourth-order valence-electron chi connectivity index (χ4n) is 2.93. The summed E-state index contributed by atoms with van der Waals surface area (Å²) in [5.74, 6) is 0.948. The van der Waals surface area contributed by atoms with E-state index in [0.717, 1.165) is 22.1 Å². The van der Waals surface area contributed by atoms with Crippen molar-refractivity contribution in [3.8, 4) is 5.75 Å². The van der Waals surface area contributed by atoms with E-state index >= 15 is 0 Å². The number of amides is 1. The van der Waals surface area contributed by atoms with E-state index in [4.69, 9.17) is 15.2 Å². The van der Waals surface area contributed by atoms with Crippen molar-refractivity contribution in [3.63, 3.8) is 0 Å². The van der Waals surface area contributed by atoms with Crippen LogP contribution in [0.4, 0.5) is 0 Å². The second-order valence-corrected chi connectivity index (χ2v) is 5.71. The van der Waals surface area contributed by atoms with Gasteiger partial charge < -0.3 is 20.1 Å². The average Bonchev–Trinajstić information content (AvgIpc) is 2.61. The van der Waals surface area contributed by atoms with Gasteiger partial charge in [-0.3, -0.25) is 4.79 Å². The Morgan fingerprint density at radius 1 is 1.30 bits per heavy atom. The normalized spacial score (nSPS) is 18.2. The van der Waals surface area contributed by atoms with Crippen molar-refractivity contribution in [3.05, 3.63) is 42.0 Å². The van der Waals surface area contributed by atoms with Crippen molar-refractivity contribution < 1.29 is 14.3 Å². The molecule has 0 radical (unpaired) electrons. The molecule has 1 aliphatic rings. The van der Waals surface area contributed by atoms with Crippen LogP contribution in [0.5, 0.6) is 5.75 Å². The van der Waals surface area contributed by atoms with E-state index in [1.54, 1.807) is 7.11 Å². The van der Waals surface area contributed by atoms with Gasteiger partial charge in [-0.2, -0.15) is 0 Å². The minimum atomic E-state index is -0.0861. The van der Waals surface area contributed by atoms with Gasteiger partial charge in [0.05, 0.1) is 20.3 Å². The highest BCUT2D eigenvalue weighted by atomic mass is 16.5. The lowest BCUT2D eigenvalue weighted by atomic mass is 10.0. The SMILES string of the molecule is COc1ccc2cc([C@H]3CN(C(=O)CCN)CCO3)ccc2c1. The minimum Gasteiger partial charge on any atom is -0.497 e. The van der Waals surface area contributed by atoms with E-state index in [2.05, 4.69) is 18.2 Å². The molecule has 2 aromatic carbocycles. The largest absolute Gasteiger partial charge is 0.497 e. The first-order chi connectivity index (χ1) is 11.2. The first-order valence-electron chi connectivity index (χ1n) is 7.88. The van der Waals surface area contributed by atoms with Crippen LogP contribution < -0.4 is 10.5 Å². The maximum absolute atomic E-state index is 12.0. The minimum absolute atomic E-state index is 0.0861. The Labute approximate surface area is 136 Å². The van der Waals surface area contributed by atoms with E-state index in [9.17, 15) is 4.79 Å². The van der Waals surface area contributed by atoms with E-state index in [-0.39, 0.29) is 12.0 Å². The molecule has 0 aromatic heterocycles. The highest BCUT2D eigenvalue weighted by Gasteiger charge is 2.25. The Morgan fingerprint density at radius 2 is 2.09 bits per heavy atom. The zero-order chi connectivity index (χ0) is 16.2. The molecule has 0 aliphatic carbocycles.